The molecule has 3 rings (SSSR count). The van der Waals surface area contributed by atoms with Gasteiger partial charge in [-0.2, -0.15) is 0 Å². The van der Waals surface area contributed by atoms with Crippen molar-refractivity contribution in [2.45, 2.75) is 58.5 Å². The summed E-state index contributed by atoms with van der Waals surface area (Å²) in [5, 5.41) is 2.83. The van der Waals surface area contributed by atoms with E-state index in [1.165, 1.54) is 22.9 Å². The van der Waals surface area contributed by atoms with E-state index in [0.717, 1.165) is 24.0 Å². The molecule has 0 unspecified atom stereocenters. The Kier molecular flexibility index (Phi) is 11.8. The molecule has 0 spiro atoms. The first-order valence-electron chi connectivity index (χ1n) is 14.1. The maximum Gasteiger partial charge on any atom is 0.308 e. The number of rotatable bonds is 15. The number of ether oxygens (including phenoxy) is 2. The number of amides is 1. The maximum absolute atomic E-state index is 15.8. The Morgan fingerprint density at radius 1 is 1.07 bits per heavy atom. The SMILES string of the molecule is C=CCCCOc1cccc(C)c1-c1cc(C)c(F)c([C@H](CC(=O)OCC)NC(=O)[C@H](CC=C)n2ccccc2=O)c1. The topological polar surface area (TPSA) is 86.6 Å². The Hall–Kier alpha value is -4.46. The third-order valence-corrected chi connectivity index (χ3v) is 6.86. The zero-order chi connectivity index (χ0) is 30.6. The van der Waals surface area contributed by atoms with E-state index in [1.807, 2.05) is 31.2 Å². The number of aryl methyl sites for hydroxylation is 2. The van der Waals surface area contributed by atoms with Crippen LogP contribution in [0, 0.1) is 19.7 Å². The zero-order valence-electron chi connectivity index (χ0n) is 24.5. The maximum atomic E-state index is 15.8. The second-order valence-electron chi connectivity index (χ2n) is 9.98. The fourth-order valence-corrected chi connectivity index (χ4v) is 4.83. The number of nitrogens with one attached hydrogen (secondary N) is 1. The van der Waals surface area contributed by atoms with Crippen LogP contribution in [0.3, 0.4) is 0 Å². The lowest BCUT2D eigenvalue weighted by atomic mass is 9.92. The van der Waals surface area contributed by atoms with Crippen LogP contribution in [0.5, 0.6) is 5.75 Å². The molecule has 0 aliphatic heterocycles. The Bertz CT molecular complexity index is 1480. The average Bonchev–Trinajstić information content (AvgIpc) is 2.96. The lowest BCUT2D eigenvalue weighted by Gasteiger charge is -2.25. The average molecular weight is 575 g/mol. The quantitative estimate of drug-likeness (QED) is 0.126. The van der Waals surface area contributed by atoms with Gasteiger partial charge in [0.1, 0.15) is 17.6 Å². The van der Waals surface area contributed by atoms with Crippen molar-refractivity contribution in [1.82, 2.24) is 9.88 Å². The highest BCUT2D eigenvalue weighted by Crippen LogP contribution is 2.37. The summed E-state index contributed by atoms with van der Waals surface area (Å²) in [6, 6.07) is 11.6. The molecule has 3 aromatic rings. The van der Waals surface area contributed by atoms with E-state index >= 15 is 4.39 Å². The Labute approximate surface area is 246 Å². The molecular weight excluding hydrogens is 535 g/mol. The number of esters is 1. The van der Waals surface area contributed by atoms with Gasteiger partial charge in [-0.25, -0.2) is 4.39 Å². The van der Waals surface area contributed by atoms with Crippen LogP contribution in [0.1, 0.15) is 61.4 Å². The summed E-state index contributed by atoms with van der Waals surface area (Å²) >= 11 is 0. The summed E-state index contributed by atoms with van der Waals surface area (Å²) < 4.78 is 28.4. The molecule has 1 amide bonds. The van der Waals surface area contributed by atoms with Crippen molar-refractivity contribution >= 4 is 11.9 Å². The third-order valence-electron chi connectivity index (χ3n) is 6.86. The molecule has 0 fully saturated rings. The van der Waals surface area contributed by atoms with Crippen molar-refractivity contribution in [3.63, 3.8) is 0 Å². The first kappa shape index (κ1) is 32.1. The van der Waals surface area contributed by atoms with Gasteiger partial charge in [-0.05, 0) is 81.0 Å². The largest absolute Gasteiger partial charge is 0.493 e. The summed E-state index contributed by atoms with van der Waals surface area (Å²) in [4.78, 5) is 38.8. The summed E-state index contributed by atoms with van der Waals surface area (Å²) in [5.41, 5.74) is 2.51. The van der Waals surface area contributed by atoms with E-state index in [4.69, 9.17) is 9.47 Å². The highest BCUT2D eigenvalue weighted by Gasteiger charge is 2.28. The number of benzene rings is 2. The monoisotopic (exact) mass is 574 g/mol. The number of allylic oxidation sites excluding steroid dienone is 2. The van der Waals surface area contributed by atoms with E-state index in [9.17, 15) is 14.4 Å². The summed E-state index contributed by atoms with van der Waals surface area (Å²) in [6.07, 6.45) is 6.34. The van der Waals surface area contributed by atoms with Crippen molar-refractivity contribution in [2.75, 3.05) is 13.2 Å². The number of nitrogens with zero attached hydrogens (tertiary/aromatic N) is 1. The minimum atomic E-state index is -1.07. The first-order valence-corrected chi connectivity index (χ1v) is 14.1. The molecule has 0 bridgehead atoms. The number of carbonyl (C=O) groups is 2. The molecular formula is C34H39FN2O5. The van der Waals surface area contributed by atoms with Gasteiger partial charge < -0.3 is 19.4 Å². The number of pyridine rings is 1. The molecule has 0 saturated heterocycles. The van der Waals surface area contributed by atoms with Gasteiger partial charge in [0, 0.05) is 23.4 Å². The molecule has 42 heavy (non-hydrogen) atoms. The Morgan fingerprint density at radius 2 is 1.86 bits per heavy atom. The lowest BCUT2D eigenvalue weighted by molar-refractivity contribution is -0.144. The first-order chi connectivity index (χ1) is 20.2. The molecule has 1 aromatic heterocycles. The van der Waals surface area contributed by atoms with Gasteiger partial charge in [-0.1, -0.05) is 30.4 Å². The van der Waals surface area contributed by atoms with Crippen LogP contribution in [0.4, 0.5) is 4.39 Å². The van der Waals surface area contributed by atoms with E-state index in [2.05, 4.69) is 18.5 Å². The molecule has 2 atom stereocenters. The van der Waals surface area contributed by atoms with Crippen LogP contribution in [0.2, 0.25) is 0 Å². The number of hydrogen-bond acceptors (Lipinski definition) is 5. The molecule has 2 aromatic carbocycles. The van der Waals surface area contributed by atoms with Crippen molar-refractivity contribution in [1.29, 1.82) is 0 Å². The second-order valence-corrected chi connectivity index (χ2v) is 9.98. The minimum Gasteiger partial charge on any atom is -0.493 e. The van der Waals surface area contributed by atoms with Crippen LogP contribution >= 0.6 is 0 Å². The normalized spacial score (nSPS) is 12.2. The van der Waals surface area contributed by atoms with Crippen LogP contribution < -0.4 is 15.6 Å². The highest BCUT2D eigenvalue weighted by atomic mass is 19.1. The molecule has 8 heteroatoms. The van der Waals surface area contributed by atoms with E-state index in [-0.39, 0.29) is 30.6 Å². The van der Waals surface area contributed by atoms with Crippen LogP contribution in [0.25, 0.3) is 11.1 Å². The minimum absolute atomic E-state index is 0.130. The number of carbonyl (C=O) groups excluding carboxylic acids is 2. The van der Waals surface area contributed by atoms with Crippen LogP contribution in [-0.2, 0) is 14.3 Å². The van der Waals surface area contributed by atoms with Gasteiger partial charge in [-0.3, -0.25) is 14.4 Å². The van der Waals surface area contributed by atoms with Gasteiger partial charge in [-0.15, -0.1) is 13.2 Å². The van der Waals surface area contributed by atoms with E-state index in [0.29, 0.717) is 23.5 Å². The van der Waals surface area contributed by atoms with Gasteiger partial charge in [0.05, 0.1) is 25.7 Å². The van der Waals surface area contributed by atoms with Crippen molar-refractivity contribution in [3.05, 3.63) is 113 Å². The molecule has 1 N–H and O–H groups in total. The van der Waals surface area contributed by atoms with Crippen LogP contribution in [0.15, 0.2) is 84.8 Å². The third kappa shape index (κ3) is 8.06. The standard InChI is InChI=1S/C34H39FN2O5/c1-6-9-12-19-42-29-16-13-15-23(4)32(29)25-20-24(5)33(35)26(21-25)27(22-31(39)41-8-3)36-34(40)28(14-7-2)37-18-11-10-17-30(37)38/h6-7,10-11,13,15-18,20-21,27-28H,1-2,8-9,12,14,19,22H2,3-5H3,(H,36,40)/t27-,28-/m0/s1. The van der Waals surface area contributed by atoms with Crippen LogP contribution in [-0.4, -0.2) is 29.7 Å². The van der Waals surface area contributed by atoms with Gasteiger partial charge in [0.2, 0.25) is 5.91 Å². The smallest absolute Gasteiger partial charge is 0.308 e. The molecule has 7 nitrogen and oxygen atoms in total. The van der Waals surface area contributed by atoms with Crippen molar-refractivity contribution < 1.29 is 23.5 Å². The summed E-state index contributed by atoms with van der Waals surface area (Å²) in [5.74, 6) is -1.05. The number of aromatic nitrogens is 1. The van der Waals surface area contributed by atoms with Gasteiger partial charge >= 0.3 is 5.97 Å². The predicted octanol–water partition coefficient (Wildman–Crippen LogP) is 6.54. The van der Waals surface area contributed by atoms with Crippen molar-refractivity contribution in [3.8, 4) is 16.9 Å². The predicted molar refractivity (Wildman–Crippen MR) is 163 cm³/mol. The second kappa shape index (κ2) is 15.5. The van der Waals surface area contributed by atoms with Gasteiger partial charge in [0.25, 0.3) is 5.56 Å². The molecule has 0 saturated carbocycles. The molecule has 222 valence electrons. The summed E-state index contributed by atoms with van der Waals surface area (Å²) in [7, 11) is 0. The molecule has 0 aliphatic rings. The molecule has 0 aliphatic carbocycles. The van der Waals surface area contributed by atoms with Gasteiger partial charge in [0.15, 0.2) is 0 Å². The summed E-state index contributed by atoms with van der Waals surface area (Å²) in [6.45, 7) is 13.3. The molecule has 1 heterocycles. The molecule has 0 radical (unpaired) electrons. The fourth-order valence-electron chi connectivity index (χ4n) is 4.83. The number of halogens is 1. The highest BCUT2D eigenvalue weighted by molar-refractivity contribution is 5.82. The fraction of sp³-hybridized carbons (Fsp3) is 0.324. The van der Waals surface area contributed by atoms with E-state index < -0.39 is 29.8 Å². The number of unbranched alkanes of at least 4 members (excludes halogenated alkanes) is 1. The Morgan fingerprint density at radius 3 is 2.55 bits per heavy atom. The number of hydrogen-bond donors (Lipinski definition) is 1. The van der Waals surface area contributed by atoms with Crippen molar-refractivity contribution in [2.24, 2.45) is 0 Å². The lowest BCUT2D eigenvalue weighted by Crippen LogP contribution is -2.39. The Balaban J connectivity index is 2.08. The zero-order valence-corrected chi connectivity index (χ0v) is 24.5. The van der Waals surface area contributed by atoms with E-state index in [1.54, 1.807) is 38.1 Å².